The molecular formula is C14H16Cl3N3. The summed E-state index contributed by atoms with van der Waals surface area (Å²) in [5.41, 5.74) is 9.18. The lowest BCUT2D eigenvalue weighted by Crippen LogP contribution is -2.25. The molecule has 0 aliphatic carbocycles. The summed E-state index contributed by atoms with van der Waals surface area (Å²) in [4.78, 5) is 0. The molecule has 0 bridgehead atoms. The van der Waals surface area contributed by atoms with Crippen molar-refractivity contribution in [3.63, 3.8) is 0 Å². The van der Waals surface area contributed by atoms with Gasteiger partial charge in [0.25, 0.3) is 0 Å². The Hall–Kier alpha value is -0.740. The Morgan fingerprint density at radius 3 is 2.45 bits per heavy atom. The molecule has 0 aliphatic rings. The second-order valence-electron chi connectivity index (χ2n) is 4.90. The van der Waals surface area contributed by atoms with Crippen LogP contribution >= 0.6 is 34.8 Å². The SMILES string of the molecule is Cc1nn(C)c(Cl)c1CC(N)Cc1ccc(Cl)c(Cl)c1. The van der Waals surface area contributed by atoms with Crippen LogP contribution in [0.3, 0.4) is 0 Å². The summed E-state index contributed by atoms with van der Waals surface area (Å²) in [6.45, 7) is 1.94. The molecule has 20 heavy (non-hydrogen) atoms. The maximum absolute atomic E-state index is 6.21. The van der Waals surface area contributed by atoms with Crippen LogP contribution in [0.5, 0.6) is 0 Å². The molecule has 2 aromatic rings. The normalized spacial score (nSPS) is 12.7. The number of halogens is 3. The standard InChI is InChI=1S/C14H16Cl3N3/c1-8-11(14(17)20(2)19-8)7-10(18)5-9-3-4-12(15)13(16)6-9/h3-4,6,10H,5,7,18H2,1-2H3. The highest BCUT2D eigenvalue weighted by Gasteiger charge is 2.15. The average molecular weight is 333 g/mol. The van der Waals surface area contributed by atoms with Crippen molar-refractivity contribution in [1.29, 1.82) is 0 Å². The third-order valence-corrected chi connectivity index (χ3v) is 4.43. The summed E-state index contributed by atoms with van der Waals surface area (Å²) in [6.07, 6.45) is 1.39. The number of nitrogens with zero attached hydrogens (tertiary/aromatic N) is 2. The molecule has 0 radical (unpaired) electrons. The van der Waals surface area contributed by atoms with E-state index in [9.17, 15) is 0 Å². The predicted octanol–water partition coefficient (Wildman–Crippen LogP) is 3.80. The summed E-state index contributed by atoms with van der Waals surface area (Å²) in [6, 6.07) is 5.52. The van der Waals surface area contributed by atoms with Gasteiger partial charge in [0.15, 0.2) is 0 Å². The molecule has 6 heteroatoms. The number of aryl methyl sites for hydroxylation is 2. The molecule has 1 aromatic heterocycles. The highest BCUT2D eigenvalue weighted by molar-refractivity contribution is 6.42. The summed E-state index contributed by atoms with van der Waals surface area (Å²) in [5.74, 6) is 0. The van der Waals surface area contributed by atoms with Crippen LogP contribution in [0.15, 0.2) is 18.2 Å². The number of benzene rings is 1. The number of rotatable bonds is 4. The van der Waals surface area contributed by atoms with E-state index in [-0.39, 0.29) is 6.04 Å². The second-order valence-corrected chi connectivity index (χ2v) is 6.07. The molecule has 2 N–H and O–H groups in total. The first-order valence-electron chi connectivity index (χ1n) is 6.26. The molecule has 1 unspecified atom stereocenters. The van der Waals surface area contributed by atoms with Crippen LogP contribution in [0.1, 0.15) is 16.8 Å². The zero-order chi connectivity index (χ0) is 14.9. The highest BCUT2D eigenvalue weighted by Crippen LogP contribution is 2.24. The van der Waals surface area contributed by atoms with Gasteiger partial charge in [0, 0.05) is 18.7 Å². The first kappa shape index (κ1) is 15.6. The number of aromatic nitrogens is 2. The van der Waals surface area contributed by atoms with Crippen LogP contribution in [0.25, 0.3) is 0 Å². The lowest BCUT2D eigenvalue weighted by atomic mass is 10.0. The molecular weight excluding hydrogens is 317 g/mol. The van der Waals surface area contributed by atoms with Gasteiger partial charge in [0.05, 0.1) is 15.7 Å². The third-order valence-electron chi connectivity index (χ3n) is 3.22. The van der Waals surface area contributed by atoms with E-state index in [4.69, 9.17) is 40.5 Å². The first-order valence-corrected chi connectivity index (χ1v) is 7.39. The maximum Gasteiger partial charge on any atom is 0.130 e. The minimum atomic E-state index is -0.0485. The molecule has 1 heterocycles. The lowest BCUT2D eigenvalue weighted by molar-refractivity contribution is 0.662. The van der Waals surface area contributed by atoms with Crippen molar-refractivity contribution in [1.82, 2.24) is 9.78 Å². The second kappa shape index (κ2) is 6.35. The van der Waals surface area contributed by atoms with E-state index < -0.39 is 0 Å². The molecule has 1 atom stereocenters. The lowest BCUT2D eigenvalue weighted by Gasteiger charge is -2.12. The average Bonchev–Trinajstić information content (AvgIpc) is 2.61. The van der Waals surface area contributed by atoms with Crippen LogP contribution in [0.4, 0.5) is 0 Å². The van der Waals surface area contributed by atoms with Crippen LogP contribution in [0, 0.1) is 6.92 Å². The van der Waals surface area contributed by atoms with E-state index in [0.717, 1.165) is 16.8 Å². The Morgan fingerprint density at radius 2 is 1.90 bits per heavy atom. The molecule has 0 saturated heterocycles. The molecule has 1 aromatic carbocycles. The first-order chi connectivity index (χ1) is 9.38. The van der Waals surface area contributed by atoms with E-state index in [1.165, 1.54) is 0 Å². The zero-order valence-electron chi connectivity index (χ0n) is 11.3. The fraction of sp³-hybridized carbons (Fsp3) is 0.357. The van der Waals surface area contributed by atoms with Crippen molar-refractivity contribution in [3.05, 3.63) is 50.2 Å². The Labute approximate surface area is 133 Å². The molecule has 0 aliphatic heterocycles. The quantitative estimate of drug-likeness (QED) is 0.925. The number of hydrogen-bond acceptors (Lipinski definition) is 2. The Bertz CT molecular complexity index is 622. The molecule has 2 rings (SSSR count). The van der Waals surface area contributed by atoms with Crippen molar-refractivity contribution in [3.8, 4) is 0 Å². The summed E-state index contributed by atoms with van der Waals surface area (Å²) in [5, 5.41) is 6.03. The van der Waals surface area contributed by atoms with Gasteiger partial charge >= 0.3 is 0 Å². The van der Waals surface area contributed by atoms with Gasteiger partial charge in [-0.3, -0.25) is 4.68 Å². The summed E-state index contributed by atoms with van der Waals surface area (Å²) < 4.78 is 1.66. The van der Waals surface area contributed by atoms with Crippen LogP contribution < -0.4 is 5.73 Å². The molecule has 108 valence electrons. The van der Waals surface area contributed by atoms with E-state index in [2.05, 4.69) is 5.10 Å². The van der Waals surface area contributed by atoms with Crippen LogP contribution in [-0.4, -0.2) is 15.8 Å². The molecule has 0 amide bonds. The van der Waals surface area contributed by atoms with Gasteiger partial charge in [-0.25, -0.2) is 0 Å². The van der Waals surface area contributed by atoms with E-state index in [1.54, 1.807) is 10.7 Å². The zero-order valence-corrected chi connectivity index (χ0v) is 13.6. The maximum atomic E-state index is 6.21. The van der Waals surface area contributed by atoms with Crippen molar-refractivity contribution in [2.24, 2.45) is 12.8 Å². The smallest absolute Gasteiger partial charge is 0.130 e. The van der Waals surface area contributed by atoms with Gasteiger partial charge in [0.2, 0.25) is 0 Å². The van der Waals surface area contributed by atoms with Gasteiger partial charge < -0.3 is 5.73 Å². The fourth-order valence-electron chi connectivity index (χ4n) is 2.21. The third kappa shape index (κ3) is 3.47. The largest absolute Gasteiger partial charge is 0.327 e. The van der Waals surface area contributed by atoms with Gasteiger partial charge in [-0.2, -0.15) is 5.10 Å². The van der Waals surface area contributed by atoms with Crippen LogP contribution in [-0.2, 0) is 19.9 Å². The van der Waals surface area contributed by atoms with Gasteiger partial charge in [-0.05, 0) is 37.5 Å². The number of hydrogen-bond donors (Lipinski definition) is 1. The Morgan fingerprint density at radius 1 is 1.20 bits per heavy atom. The molecule has 0 saturated carbocycles. The van der Waals surface area contributed by atoms with Crippen molar-refractivity contribution in [2.75, 3.05) is 0 Å². The minimum Gasteiger partial charge on any atom is -0.327 e. The van der Waals surface area contributed by atoms with Crippen molar-refractivity contribution < 1.29 is 0 Å². The topological polar surface area (TPSA) is 43.8 Å². The predicted molar refractivity (Wildman–Crippen MR) is 84.8 cm³/mol. The van der Waals surface area contributed by atoms with Crippen LogP contribution in [0.2, 0.25) is 15.2 Å². The molecule has 0 fully saturated rings. The van der Waals surface area contributed by atoms with Gasteiger partial charge in [-0.1, -0.05) is 40.9 Å². The highest BCUT2D eigenvalue weighted by atomic mass is 35.5. The summed E-state index contributed by atoms with van der Waals surface area (Å²) in [7, 11) is 1.82. The summed E-state index contributed by atoms with van der Waals surface area (Å²) >= 11 is 18.1. The Kier molecular flexibility index (Phi) is 4.97. The molecule has 3 nitrogen and oxygen atoms in total. The Balaban J connectivity index is 2.08. The van der Waals surface area contributed by atoms with Crippen molar-refractivity contribution in [2.45, 2.75) is 25.8 Å². The fourth-order valence-corrected chi connectivity index (χ4v) is 2.78. The van der Waals surface area contributed by atoms with E-state index in [1.807, 2.05) is 26.1 Å². The van der Waals surface area contributed by atoms with Gasteiger partial charge in [-0.15, -0.1) is 0 Å². The van der Waals surface area contributed by atoms with E-state index >= 15 is 0 Å². The van der Waals surface area contributed by atoms with E-state index in [0.29, 0.717) is 28.0 Å². The molecule has 0 spiro atoms. The monoisotopic (exact) mass is 331 g/mol. The van der Waals surface area contributed by atoms with Gasteiger partial charge in [0.1, 0.15) is 5.15 Å². The number of nitrogens with two attached hydrogens (primary N) is 1. The minimum absolute atomic E-state index is 0.0485. The van der Waals surface area contributed by atoms with Crippen molar-refractivity contribution >= 4 is 34.8 Å².